The maximum atomic E-state index is 4.62. The van der Waals surface area contributed by atoms with E-state index in [4.69, 9.17) is 0 Å². The lowest BCUT2D eigenvalue weighted by Crippen LogP contribution is -2.16. The van der Waals surface area contributed by atoms with E-state index < -0.39 is 0 Å². The van der Waals surface area contributed by atoms with Gasteiger partial charge >= 0.3 is 0 Å². The molecule has 0 radical (unpaired) electrons. The van der Waals surface area contributed by atoms with E-state index in [2.05, 4.69) is 56.9 Å². The Bertz CT molecular complexity index is 772. The summed E-state index contributed by atoms with van der Waals surface area (Å²) in [6, 6.07) is 10.8. The number of imidazole rings is 1. The molecule has 1 unspecified atom stereocenters. The number of aromatic nitrogens is 3. The van der Waals surface area contributed by atoms with Crippen molar-refractivity contribution in [3.8, 4) is 11.4 Å². The molecule has 4 rings (SSSR count). The topological polar surface area (TPSA) is 34.0 Å². The van der Waals surface area contributed by atoms with Crippen LogP contribution in [0.25, 0.3) is 22.3 Å². The van der Waals surface area contributed by atoms with Gasteiger partial charge in [-0.2, -0.15) is 0 Å². The number of para-hydroxylation sites is 1. The second-order valence-electron chi connectivity index (χ2n) is 5.74. The molecule has 1 saturated heterocycles. The third-order valence-electron chi connectivity index (χ3n) is 4.32. The molecule has 2 aromatic heterocycles. The fourth-order valence-corrected chi connectivity index (χ4v) is 3.25. The van der Waals surface area contributed by atoms with Gasteiger partial charge in [-0.1, -0.05) is 18.2 Å². The molecule has 4 heteroatoms. The zero-order valence-electron chi connectivity index (χ0n) is 12.1. The zero-order chi connectivity index (χ0) is 14.2. The van der Waals surface area contributed by atoms with Gasteiger partial charge in [-0.3, -0.25) is 4.98 Å². The molecule has 3 heterocycles. The first-order chi connectivity index (χ1) is 10.3. The Kier molecular flexibility index (Phi) is 2.97. The van der Waals surface area contributed by atoms with Gasteiger partial charge in [0.15, 0.2) is 0 Å². The number of likely N-dealkylation sites (N-methyl/N-ethyl adjacent to an activating group) is 1. The molecule has 106 valence electrons. The number of rotatable bonds is 2. The largest absolute Gasteiger partial charge is 0.327 e. The van der Waals surface area contributed by atoms with E-state index in [0.29, 0.717) is 6.04 Å². The van der Waals surface area contributed by atoms with Crippen LogP contribution in [0.2, 0.25) is 0 Å². The summed E-state index contributed by atoms with van der Waals surface area (Å²) in [4.78, 5) is 11.4. The maximum Gasteiger partial charge on any atom is 0.140 e. The first kappa shape index (κ1) is 12.5. The van der Waals surface area contributed by atoms with E-state index in [-0.39, 0.29) is 0 Å². The monoisotopic (exact) mass is 278 g/mol. The van der Waals surface area contributed by atoms with Crippen LogP contribution in [0.3, 0.4) is 0 Å². The van der Waals surface area contributed by atoms with Crippen LogP contribution in [-0.2, 0) is 0 Å². The summed E-state index contributed by atoms with van der Waals surface area (Å²) >= 11 is 0. The third kappa shape index (κ3) is 2.12. The van der Waals surface area contributed by atoms with Crippen molar-refractivity contribution in [2.75, 3.05) is 20.1 Å². The van der Waals surface area contributed by atoms with Crippen LogP contribution < -0.4 is 0 Å². The summed E-state index contributed by atoms with van der Waals surface area (Å²) in [5.74, 6) is 1.05. The molecule has 1 atom stereocenters. The van der Waals surface area contributed by atoms with Gasteiger partial charge in [0, 0.05) is 42.1 Å². The van der Waals surface area contributed by atoms with Crippen LogP contribution in [0.1, 0.15) is 12.5 Å². The predicted molar refractivity (Wildman–Crippen MR) is 84.1 cm³/mol. The van der Waals surface area contributed by atoms with Gasteiger partial charge in [0.25, 0.3) is 0 Å². The third-order valence-corrected chi connectivity index (χ3v) is 4.32. The van der Waals surface area contributed by atoms with Gasteiger partial charge in [0.2, 0.25) is 0 Å². The standard InChI is InChI=1S/C17H18N4/c1-20-10-7-13(12-20)21-11-9-19-17(21)15-6-8-18-16-5-3-2-4-14(15)16/h2-6,8-9,11,13H,7,10,12H2,1H3. The Labute approximate surface area is 124 Å². The van der Waals surface area contributed by atoms with Gasteiger partial charge in [-0.25, -0.2) is 4.98 Å². The van der Waals surface area contributed by atoms with E-state index in [1.807, 2.05) is 18.5 Å². The average Bonchev–Trinajstić information content (AvgIpc) is 3.15. The highest BCUT2D eigenvalue weighted by Gasteiger charge is 2.23. The summed E-state index contributed by atoms with van der Waals surface area (Å²) in [5, 5.41) is 1.17. The Hall–Kier alpha value is -2.20. The number of likely N-dealkylation sites (tertiary alicyclic amines) is 1. The Balaban J connectivity index is 1.85. The molecule has 1 fully saturated rings. The average molecular weight is 278 g/mol. The van der Waals surface area contributed by atoms with Crippen molar-refractivity contribution in [3.63, 3.8) is 0 Å². The van der Waals surface area contributed by atoms with E-state index in [0.717, 1.165) is 24.4 Å². The second-order valence-corrected chi connectivity index (χ2v) is 5.74. The van der Waals surface area contributed by atoms with Crippen LogP contribution >= 0.6 is 0 Å². The highest BCUT2D eigenvalue weighted by atomic mass is 15.2. The number of benzene rings is 1. The number of pyridine rings is 1. The molecule has 0 amide bonds. The number of fused-ring (bicyclic) bond motifs is 1. The molecule has 3 aromatic rings. The molecule has 0 spiro atoms. The van der Waals surface area contributed by atoms with E-state index in [9.17, 15) is 0 Å². The fraction of sp³-hybridized carbons (Fsp3) is 0.294. The van der Waals surface area contributed by atoms with Crippen molar-refractivity contribution in [3.05, 3.63) is 48.9 Å². The first-order valence-corrected chi connectivity index (χ1v) is 7.38. The Morgan fingerprint density at radius 2 is 2.00 bits per heavy atom. The fourth-order valence-electron chi connectivity index (χ4n) is 3.25. The predicted octanol–water partition coefficient (Wildman–Crippen LogP) is 2.97. The normalized spacial score (nSPS) is 19.4. The lowest BCUT2D eigenvalue weighted by Gasteiger charge is -2.16. The van der Waals surface area contributed by atoms with Gasteiger partial charge < -0.3 is 9.47 Å². The van der Waals surface area contributed by atoms with Crippen LogP contribution in [-0.4, -0.2) is 39.6 Å². The summed E-state index contributed by atoms with van der Waals surface area (Å²) in [7, 11) is 2.18. The highest BCUT2D eigenvalue weighted by molar-refractivity contribution is 5.92. The minimum Gasteiger partial charge on any atom is -0.327 e. The Morgan fingerprint density at radius 1 is 1.10 bits per heavy atom. The number of hydrogen-bond donors (Lipinski definition) is 0. The molecule has 0 aliphatic carbocycles. The summed E-state index contributed by atoms with van der Waals surface area (Å²) in [5.41, 5.74) is 2.19. The molecule has 0 bridgehead atoms. The maximum absolute atomic E-state index is 4.62. The van der Waals surface area contributed by atoms with Crippen molar-refractivity contribution >= 4 is 10.9 Å². The van der Waals surface area contributed by atoms with Crippen molar-refractivity contribution in [2.24, 2.45) is 0 Å². The van der Waals surface area contributed by atoms with Crippen molar-refractivity contribution in [2.45, 2.75) is 12.5 Å². The summed E-state index contributed by atoms with van der Waals surface area (Å²) < 4.78 is 2.32. The molecule has 1 aromatic carbocycles. The highest BCUT2D eigenvalue weighted by Crippen LogP contribution is 2.30. The molecule has 0 N–H and O–H groups in total. The smallest absolute Gasteiger partial charge is 0.140 e. The van der Waals surface area contributed by atoms with Crippen molar-refractivity contribution in [1.82, 2.24) is 19.4 Å². The lowest BCUT2D eigenvalue weighted by molar-refractivity contribution is 0.393. The van der Waals surface area contributed by atoms with Crippen LogP contribution in [0.5, 0.6) is 0 Å². The van der Waals surface area contributed by atoms with E-state index >= 15 is 0 Å². The van der Waals surface area contributed by atoms with E-state index in [1.54, 1.807) is 0 Å². The molecular weight excluding hydrogens is 260 g/mol. The first-order valence-electron chi connectivity index (χ1n) is 7.38. The van der Waals surface area contributed by atoms with Crippen molar-refractivity contribution < 1.29 is 0 Å². The number of hydrogen-bond acceptors (Lipinski definition) is 3. The SMILES string of the molecule is CN1CCC(n2ccnc2-c2ccnc3ccccc23)C1. The zero-order valence-corrected chi connectivity index (χ0v) is 12.1. The molecule has 1 aliphatic heterocycles. The lowest BCUT2D eigenvalue weighted by atomic mass is 10.1. The van der Waals surface area contributed by atoms with Gasteiger partial charge in [0.05, 0.1) is 5.52 Å². The molecule has 21 heavy (non-hydrogen) atoms. The second kappa shape index (κ2) is 4.97. The van der Waals surface area contributed by atoms with E-state index in [1.165, 1.54) is 17.4 Å². The quantitative estimate of drug-likeness (QED) is 0.722. The summed E-state index contributed by atoms with van der Waals surface area (Å²) in [6.07, 6.45) is 7.07. The molecule has 4 nitrogen and oxygen atoms in total. The Morgan fingerprint density at radius 3 is 2.86 bits per heavy atom. The minimum atomic E-state index is 0.513. The van der Waals surface area contributed by atoms with Crippen LogP contribution in [0.4, 0.5) is 0 Å². The number of nitrogens with zero attached hydrogens (tertiary/aromatic N) is 4. The van der Waals surface area contributed by atoms with Gasteiger partial charge in [-0.05, 0) is 32.1 Å². The molecule has 0 saturated carbocycles. The van der Waals surface area contributed by atoms with Gasteiger partial charge in [0.1, 0.15) is 5.82 Å². The summed E-state index contributed by atoms with van der Waals surface area (Å²) in [6.45, 7) is 2.24. The van der Waals surface area contributed by atoms with Crippen molar-refractivity contribution in [1.29, 1.82) is 0 Å². The van der Waals surface area contributed by atoms with Crippen LogP contribution in [0.15, 0.2) is 48.9 Å². The molecular formula is C17H18N4. The molecule has 1 aliphatic rings. The van der Waals surface area contributed by atoms with Crippen LogP contribution in [0, 0.1) is 0 Å². The minimum absolute atomic E-state index is 0.513. The van der Waals surface area contributed by atoms with Gasteiger partial charge in [-0.15, -0.1) is 0 Å².